The smallest absolute Gasteiger partial charge is 0.244 e. The highest BCUT2D eigenvalue weighted by Crippen LogP contribution is 2.30. The van der Waals surface area contributed by atoms with Gasteiger partial charge in [0.25, 0.3) is 0 Å². The predicted molar refractivity (Wildman–Crippen MR) is 138 cm³/mol. The Balaban J connectivity index is 2.47. The first-order valence-corrected chi connectivity index (χ1v) is 13.6. The van der Waals surface area contributed by atoms with E-state index >= 15 is 0 Å². The van der Waals surface area contributed by atoms with Crippen LogP contribution in [0.2, 0.25) is 10.0 Å². The lowest BCUT2D eigenvalue weighted by Crippen LogP contribution is -2.52. The molecule has 34 heavy (non-hydrogen) atoms. The lowest BCUT2D eigenvalue weighted by atomic mass is 10.1. The normalized spacial score (nSPS) is 12.2. The Bertz CT molecular complexity index is 1120. The van der Waals surface area contributed by atoms with Crippen LogP contribution in [-0.2, 0) is 26.2 Å². The Morgan fingerprint density at radius 3 is 2.32 bits per heavy atom. The number of aryl methyl sites for hydroxylation is 1. The minimum Gasteiger partial charge on any atom is -0.354 e. The molecule has 1 N–H and O–H groups in total. The van der Waals surface area contributed by atoms with Crippen LogP contribution < -0.4 is 9.62 Å². The number of carbonyl (C=O) groups is 2. The van der Waals surface area contributed by atoms with Gasteiger partial charge in [0.2, 0.25) is 21.8 Å². The van der Waals surface area contributed by atoms with Gasteiger partial charge in [-0.2, -0.15) is 0 Å². The van der Waals surface area contributed by atoms with E-state index in [1.807, 2.05) is 45.0 Å². The molecule has 2 rings (SSSR count). The maximum Gasteiger partial charge on any atom is 0.244 e. The fraction of sp³-hybridized carbons (Fsp3) is 0.417. The number of halogens is 2. The molecule has 186 valence electrons. The molecule has 2 aromatic rings. The van der Waals surface area contributed by atoms with E-state index in [1.54, 1.807) is 0 Å². The molecule has 0 saturated heterocycles. The average molecular weight is 529 g/mol. The van der Waals surface area contributed by atoms with Crippen molar-refractivity contribution in [3.8, 4) is 0 Å². The van der Waals surface area contributed by atoms with Crippen molar-refractivity contribution in [2.24, 2.45) is 0 Å². The number of amides is 2. The lowest BCUT2D eigenvalue weighted by Gasteiger charge is -2.33. The second kappa shape index (κ2) is 12.4. The number of anilines is 1. The van der Waals surface area contributed by atoms with Crippen molar-refractivity contribution >= 4 is 50.7 Å². The van der Waals surface area contributed by atoms with Gasteiger partial charge in [0.15, 0.2) is 0 Å². The predicted octanol–water partition coefficient (Wildman–Crippen LogP) is 4.40. The molecule has 0 aliphatic heterocycles. The Morgan fingerprint density at radius 2 is 1.76 bits per heavy atom. The van der Waals surface area contributed by atoms with Crippen LogP contribution in [0.4, 0.5) is 5.69 Å². The molecule has 0 spiro atoms. The van der Waals surface area contributed by atoms with Crippen molar-refractivity contribution in [3.63, 3.8) is 0 Å². The van der Waals surface area contributed by atoms with E-state index in [2.05, 4.69) is 5.32 Å². The summed E-state index contributed by atoms with van der Waals surface area (Å²) >= 11 is 12.2. The molecular weight excluding hydrogens is 497 g/mol. The third-order valence-electron chi connectivity index (χ3n) is 5.39. The number of carbonyl (C=O) groups excluding carboxylic acids is 2. The van der Waals surface area contributed by atoms with Gasteiger partial charge in [-0.3, -0.25) is 13.9 Å². The summed E-state index contributed by atoms with van der Waals surface area (Å²) < 4.78 is 26.2. The van der Waals surface area contributed by atoms with Crippen LogP contribution in [0.3, 0.4) is 0 Å². The van der Waals surface area contributed by atoms with Gasteiger partial charge in [-0.25, -0.2) is 8.42 Å². The number of nitrogens with zero attached hydrogens (tertiary/aromatic N) is 2. The number of sulfonamides is 1. The van der Waals surface area contributed by atoms with E-state index in [4.69, 9.17) is 23.2 Å². The van der Waals surface area contributed by atoms with E-state index in [0.29, 0.717) is 18.0 Å². The molecule has 0 aromatic heterocycles. The average Bonchev–Trinajstić information content (AvgIpc) is 2.76. The molecule has 0 radical (unpaired) electrons. The van der Waals surface area contributed by atoms with E-state index < -0.39 is 28.5 Å². The summed E-state index contributed by atoms with van der Waals surface area (Å²) in [5, 5.41) is 3.29. The highest BCUT2D eigenvalue weighted by molar-refractivity contribution is 7.92. The molecule has 0 unspecified atom stereocenters. The van der Waals surface area contributed by atoms with Gasteiger partial charge in [0.1, 0.15) is 12.6 Å². The zero-order chi connectivity index (χ0) is 25.5. The topological polar surface area (TPSA) is 86.8 Å². The zero-order valence-corrected chi connectivity index (χ0v) is 22.2. The SMILES string of the molecule is CCCNC(=O)[C@@H](CC)N(Cc1ccccc1C)C(=O)CN(c1ccc(Cl)cc1Cl)S(C)(=O)=O. The van der Waals surface area contributed by atoms with Crippen LogP contribution in [0, 0.1) is 6.92 Å². The second-order valence-corrected chi connectivity index (χ2v) is 10.8. The Labute approximate surface area is 212 Å². The number of hydrogen-bond acceptors (Lipinski definition) is 4. The summed E-state index contributed by atoms with van der Waals surface area (Å²) in [5.41, 5.74) is 1.97. The first-order valence-electron chi connectivity index (χ1n) is 11.0. The standard InChI is InChI=1S/C24H31Cl2N3O4S/c1-5-13-27-24(31)21(6-2)28(15-18-10-8-7-9-17(18)3)23(30)16-29(34(4,32)33)22-12-11-19(25)14-20(22)26/h7-12,14,21H,5-6,13,15-16H2,1-4H3,(H,27,31)/t21-/m1/s1. The number of hydrogen-bond donors (Lipinski definition) is 1. The van der Waals surface area contributed by atoms with E-state index in [1.165, 1.54) is 23.1 Å². The van der Waals surface area contributed by atoms with Crippen LogP contribution >= 0.6 is 23.2 Å². The molecule has 0 fully saturated rings. The lowest BCUT2D eigenvalue weighted by molar-refractivity contribution is -0.140. The summed E-state index contributed by atoms with van der Waals surface area (Å²) in [4.78, 5) is 28.0. The van der Waals surface area contributed by atoms with Crippen LogP contribution in [0.5, 0.6) is 0 Å². The van der Waals surface area contributed by atoms with E-state index in [-0.39, 0.29) is 23.2 Å². The number of nitrogens with one attached hydrogen (secondary N) is 1. The van der Waals surface area contributed by atoms with Gasteiger partial charge in [-0.15, -0.1) is 0 Å². The van der Waals surface area contributed by atoms with E-state index in [0.717, 1.165) is 28.1 Å². The summed E-state index contributed by atoms with van der Waals surface area (Å²) in [7, 11) is -3.87. The van der Waals surface area contributed by atoms with Crippen molar-refractivity contribution in [3.05, 3.63) is 63.6 Å². The van der Waals surface area contributed by atoms with E-state index in [9.17, 15) is 18.0 Å². The first-order chi connectivity index (χ1) is 16.0. The molecule has 2 amide bonds. The summed E-state index contributed by atoms with van der Waals surface area (Å²) in [5.74, 6) is -0.792. The third kappa shape index (κ3) is 7.35. The second-order valence-electron chi connectivity index (χ2n) is 8.03. The van der Waals surface area contributed by atoms with Crippen molar-refractivity contribution in [2.45, 2.75) is 46.2 Å². The van der Waals surface area contributed by atoms with Gasteiger partial charge < -0.3 is 10.2 Å². The van der Waals surface area contributed by atoms with Crippen molar-refractivity contribution < 1.29 is 18.0 Å². The summed E-state index contributed by atoms with van der Waals surface area (Å²) in [6.45, 7) is 5.82. The van der Waals surface area contributed by atoms with Gasteiger partial charge in [-0.05, 0) is 49.1 Å². The zero-order valence-electron chi connectivity index (χ0n) is 19.8. The number of rotatable bonds is 11. The van der Waals surface area contributed by atoms with Gasteiger partial charge in [-0.1, -0.05) is 61.3 Å². The molecule has 2 aromatic carbocycles. The first kappa shape index (κ1) is 28.0. The molecule has 0 heterocycles. The monoisotopic (exact) mass is 527 g/mol. The maximum absolute atomic E-state index is 13.6. The summed E-state index contributed by atoms with van der Waals surface area (Å²) in [6, 6.07) is 11.2. The third-order valence-corrected chi connectivity index (χ3v) is 7.06. The molecule has 0 aliphatic carbocycles. The molecule has 0 aliphatic rings. The molecule has 7 nitrogen and oxygen atoms in total. The Hall–Kier alpha value is -2.29. The quantitative estimate of drug-likeness (QED) is 0.469. The van der Waals surface area contributed by atoms with Crippen molar-refractivity contribution in [2.75, 3.05) is 23.7 Å². The van der Waals surface area contributed by atoms with Crippen molar-refractivity contribution in [1.82, 2.24) is 10.2 Å². The number of benzene rings is 2. The maximum atomic E-state index is 13.6. The summed E-state index contributed by atoms with van der Waals surface area (Å²) in [6.07, 6.45) is 2.13. The molecule has 0 bridgehead atoms. The van der Waals surface area contributed by atoms with Crippen molar-refractivity contribution in [1.29, 1.82) is 0 Å². The van der Waals surface area contributed by atoms with Gasteiger partial charge in [0, 0.05) is 18.1 Å². The fourth-order valence-electron chi connectivity index (χ4n) is 3.53. The highest BCUT2D eigenvalue weighted by atomic mass is 35.5. The van der Waals surface area contributed by atoms with Gasteiger partial charge >= 0.3 is 0 Å². The molecule has 1 atom stereocenters. The minimum atomic E-state index is -3.87. The molecular formula is C24H31Cl2N3O4S. The Morgan fingerprint density at radius 1 is 1.09 bits per heavy atom. The molecule has 10 heteroatoms. The molecule has 0 saturated carbocycles. The largest absolute Gasteiger partial charge is 0.354 e. The Kier molecular flexibility index (Phi) is 10.2. The van der Waals surface area contributed by atoms with Crippen LogP contribution in [-0.4, -0.2) is 50.5 Å². The minimum absolute atomic E-state index is 0.101. The fourth-order valence-corrected chi connectivity index (χ4v) is 4.96. The van der Waals surface area contributed by atoms with Gasteiger partial charge in [0.05, 0.1) is 17.0 Å². The van der Waals surface area contributed by atoms with Crippen LogP contribution in [0.1, 0.15) is 37.8 Å². The van der Waals surface area contributed by atoms with Crippen LogP contribution in [0.15, 0.2) is 42.5 Å². The highest BCUT2D eigenvalue weighted by Gasteiger charge is 2.32. The van der Waals surface area contributed by atoms with Crippen LogP contribution in [0.25, 0.3) is 0 Å².